The van der Waals surface area contributed by atoms with Gasteiger partial charge in [0.2, 0.25) is 0 Å². The molecule has 0 aliphatic rings. The highest BCUT2D eigenvalue weighted by Crippen LogP contribution is 2.35. The molecule has 34 heavy (non-hydrogen) atoms. The highest BCUT2D eigenvalue weighted by Gasteiger charge is 2.35. The maximum atomic E-state index is 13.5. The monoisotopic (exact) mass is 491 g/mol. The summed E-state index contributed by atoms with van der Waals surface area (Å²) in [5, 5.41) is 7.37. The molecule has 0 N–H and O–H groups in total. The molecule has 12 heteroatoms. The zero-order valence-corrected chi connectivity index (χ0v) is 20.9. The third-order valence-electron chi connectivity index (χ3n) is 5.33. The quantitative estimate of drug-likeness (QED) is 0.394. The van der Waals surface area contributed by atoms with Gasteiger partial charge in [-0.05, 0) is 31.5 Å². The second kappa shape index (κ2) is 10.9. The molecule has 0 saturated heterocycles. The summed E-state index contributed by atoms with van der Waals surface area (Å²) in [4.78, 5) is 8.49. The average Bonchev–Trinajstić information content (AvgIpc) is 3.21. The minimum Gasteiger partial charge on any atom is -0.494 e. The molecular formula is C22H29N5O6S. The number of aryl methyl sites for hydroxylation is 1. The molecule has 0 radical (unpaired) electrons. The molecule has 2 aromatic heterocycles. The molecule has 0 unspecified atom stereocenters. The molecular weight excluding hydrogens is 462 g/mol. The predicted molar refractivity (Wildman–Crippen MR) is 124 cm³/mol. The molecule has 0 bridgehead atoms. The van der Waals surface area contributed by atoms with Crippen LogP contribution in [-0.4, -0.2) is 66.8 Å². The van der Waals surface area contributed by atoms with Crippen LogP contribution in [0.1, 0.15) is 36.1 Å². The van der Waals surface area contributed by atoms with Gasteiger partial charge in [0.05, 0.1) is 19.5 Å². The van der Waals surface area contributed by atoms with Crippen LogP contribution in [0, 0.1) is 6.92 Å². The highest BCUT2D eigenvalue weighted by atomic mass is 32.2. The van der Waals surface area contributed by atoms with Crippen molar-refractivity contribution in [1.29, 1.82) is 0 Å². The SMILES string of the molecule is COCc1nnc(CS(=O)(=O)[C@@H](C)[C@H](OC)c2ncc(C)cn2)n1-c1c(OC)cccc1OC. The lowest BCUT2D eigenvalue weighted by Gasteiger charge is -2.22. The van der Waals surface area contributed by atoms with Crippen molar-refractivity contribution in [3.8, 4) is 17.2 Å². The van der Waals surface area contributed by atoms with Gasteiger partial charge in [0, 0.05) is 26.6 Å². The number of hydrogen-bond acceptors (Lipinski definition) is 10. The van der Waals surface area contributed by atoms with Crippen molar-refractivity contribution in [1.82, 2.24) is 24.7 Å². The van der Waals surface area contributed by atoms with Crippen LogP contribution in [-0.2, 0) is 31.7 Å². The van der Waals surface area contributed by atoms with Crippen LogP contribution in [0.4, 0.5) is 0 Å². The van der Waals surface area contributed by atoms with Crippen molar-refractivity contribution in [3.63, 3.8) is 0 Å². The molecule has 1 aromatic carbocycles. The van der Waals surface area contributed by atoms with Crippen molar-refractivity contribution >= 4 is 9.84 Å². The summed E-state index contributed by atoms with van der Waals surface area (Å²) in [6.45, 7) is 3.51. The maximum Gasteiger partial charge on any atom is 0.163 e. The zero-order chi connectivity index (χ0) is 24.9. The Morgan fingerprint density at radius 3 is 2.09 bits per heavy atom. The summed E-state index contributed by atoms with van der Waals surface area (Å²) in [6.07, 6.45) is 2.38. The Balaban J connectivity index is 2.05. The molecule has 3 aromatic rings. The van der Waals surface area contributed by atoms with Gasteiger partial charge in [-0.3, -0.25) is 4.57 Å². The summed E-state index contributed by atoms with van der Waals surface area (Å²) < 4.78 is 50.4. The highest BCUT2D eigenvalue weighted by molar-refractivity contribution is 7.91. The Morgan fingerprint density at radius 1 is 0.971 bits per heavy atom. The van der Waals surface area contributed by atoms with E-state index in [0.717, 1.165) is 5.56 Å². The predicted octanol–water partition coefficient (Wildman–Crippen LogP) is 2.22. The number of hydrogen-bond donors (Lipinski definition) is 0. The summed E-state index contributed by atoms with van der Waals surface area (Å²) in [6, 6.07) is 5.25. The topological polar surface area (TPSA) is 128 Å². The second-order valence-electron chi connectivity index (χ2n) is 7.60. The lowest BCUT2D eigenvalue weighted by molar-refractivity contribution is 0.0947. The van der Waals surface area contributed by atoms with Crippen LogP contribution >= 0.6 is 0 Å². The van der Waals surface area contributed by atoms with Gasteiger partial charge in [0.1, 0.15) is 35.7 Å². The van der Waals surface area contributed by atoms with E-state index in [1.807, 2.05) is 6.92 Å². The molecule has 2 atom stereocenters. The van der Waals surface area contributed by atoms with Crippen molar-refractivity contribution in [2.45, 2.75) is 37.6 Å². The van der Waals surface area contributed by atoms with Gasteiger partial charge in [0.15, 0.2) is 27.3 Å². The largest absolute Gasteiger partial charge is 0.494 e. The first-order valence-corrected chi connectivity index (χ1v) is 12.1. The van der Waals surface area contributed by atoms with Crippen LogP contribution in [0.3, 0.4) is 0 Å². The number of methoxy groups -OCH3 is 4. The number of aromatic nitrogens is 5. The molecule has 184 valence electrons. The first kappa shape index (κ1) is 25.5. The Kier molecular flexibility index (Phi) is 8.18. The first-order chi connectivity index (χ1) is 16.3. The summed E-state index contributed by atoms with van der Waals surface area (Å²) in [7, 11) is 2.17. The molecule has 0 aliphatic heterocycles. The lowest BCUT2D eigenvalue weighted by Crippen LogP contribution is -2.30. The summed E-state index contributed by atoms with van der Waals surface area (Å²) in [5.74, 6) is 1.38. The van der Waals surface area contributed by atoms with Gasteiger partial charge in [-0.2, -0.15) is 0 Å². The van der Waals surface area contributed by atoms with Crippen LogP contribution in [0.25, 0.3) is 5.69 Å². The lowest BCUT2D eigenvalue weighted by atomic mass is 10.2. The smallest absolute Gasteiger partial charge is 0.163 e. The third kappa shape index (κ3) is 5.18. The normalized spacial score (nSPS) is 13.5. The van der Waals surface area contributed by atoms with Gasteiger partial charge in [0.25, 0.3) is 0 Å². The Bertz CT molecular complexity index is 1190. The van der Waals surface area contributed by atoms with E-state index in [1.54, 1.807) is 42.1 Å². The number of para-hydroxylation sites is 1. The number of sulfone groups is 1. The number of benzene rings is 1. The number of ether oxygens (including phenoxy) is 4. The van der Waals surface area contributed by atoms with E-state index < -0.39 is 26.9 Å². The van der Waals surface area contributed by atoms with Crippen molar-refractivity contribution < 1.29 is 27.4 Å². The molecule has 0 aliphatic carbocycles. The van der Waals surface area contributed by atoms with E-state index in [2.05, 4.69) is 20.2 Å². The van der Waals surface area contributed by atoms with E-state index in [-0.39, 0.29) is 18.3 Å². The molecule has 2 heterocycles. The molecule has 11 nitrogen and oxygen atoms in total. The summed E-state index contributed by atoms with van der Waals surface area (Å²) >= 11 is 0. The van der Waals surface area contributed by atoms with E-state index in [0.29, 0.717) is 23.0 Å². The molecule has 0 fully saturated rings. The molecule has 3 rings (SSSR count). The minimum atomic E-state index is -3.80. The molecule has 0 saturated carbocycles. The van der Waals surface area contributed by atoms with E-state index in [1.165, 1.54) is 28.4 Å². The van der Waals surface area contributed by atoms with E-state index in [4.69, 9.17) is 18.9 Å². The van der Waals surface area contributed by atoms with Crippen molar-refractivity contribution in [2.24, 2.45) is 0 Å². The second-order valence-corrected chi connectivity index (χ2v) is 9.96. The Morgan fingerprint density at radius 2 is 1.56 bits per heavy atom. The Hall–Kier alpha value is -3.09. The van der Waals surface area contributed by atoms with Crippen molar-refractivity contribution in [3.05, 3.63) is 53.6 Å². The van der Waals surface area contributed by atoms with Gasteiger partial charge in [-0.15, -0.1) is 10.2 Å². The minimum absolute atomic E-state index is 0.0989. The van der Waals surface area contributed by atoms with Crippen LogP contribution in [0.15, 0.2) is 30.6 Å². The summed E-state index contributed by atoms with van der Waals surface area (Å²) in [5.41, 5.74) is 1.34. The fraction of sp³-hybridized carbons (Fsp3) is 0.455. The van der Waals surface area contributed by atoms with Gasteiger partial charge < -0.3 is 18.9 Å². The standard InChI is InChI=1S/C22H29N5O6S/c1-14-10-23-22(24-11-14)21(33-6)15(2)34(28,29)13-19-26-25-18(12-30-3)27(19)20-16(31-4)8-7-9-17(20)32-5/h7-11,15,21H,12-13H2,1-6H3/t15-,21-/m0/s1. The zero-order valence-electron chi connectivity index (χ0n) is 20.0. The fourth-order valence-corrected chi connectivity index (χ4v) is 4.96. The van der Waals surface area contributed by atoms with E-state index >= 15 is 0 Å². The van der Waals surface area contributed by atoms with E-state index in [9.17, 15) is 8.42 Å². The average molecular weight is 492 g/mol. The molecule has 0 amide bonds. The Labute approximate surface area is 199 Å². The van der Waals surface area contributed by atoms with Gasteiger partial charge in [-0.1, -0.05) is 6.07 Å². The first-order valence-electron chi connectivity index (χ1n) is 10.4. The maximum absolute atomic E-state index is 13.5. The number of nitrogens with zero attached hydrogens (tertiary/aromatic N) is 5. The van der Waals surface area contributed by atoms with Crippen molar-refractivity contribution in [2.75, 3.05) is 28.4 Å². The third-order valence-corrected chi connectivity index (χ3v) is 7.37. The van der Waals surface area contributed by atoms with Crippen LogP contribution < -0.4 is 9.47 Å². The number of rotatable bonds is 11. The van der Waals surface area contributed by atoms with Gasteiger partial charge >= 0.3 is 0 Å². The van der Waals surface area contributed by atoms with Gasteiger partial charge in [-0.25, -0.2) is 18.4 Å². The fourth-order valence-electron chi connectivity index (χ4n) is 3.54. The van der Waals surface area contributed by atoms with Crippen LogP contribution in [0.2, 0.25) is 0 Å². The molecule has 0 spiro atoms. The van der Waals surface area contributed by atoms with Crippen LogP contribution in [0.5, 0.6) is 11.5 Å².